The first-order valence-electron chi connectivity index (χ1n) is 19.0. The standard InChI is InChI=1S/C38H76N2/c1-4-7-10-12-14-16-18-20-21-23-25-27-29-31-33-38-39(34-9-6-3)36-37-40(38)35-32-30-28-26-24-22-19-17-15-13-11-8-5-2/h36-38H,4-35H2,1-3H3. The van der Waals surface area contributed by atoms with Crippen molar-refractivity contribution in [3.63, 3.8) is 0 Å². The molecule has 0 spiro atoms. The van der Waals surface area contributed by atoms with Crippen molar-refractivity contribution in [1.29, 1.82) is 0 Å². The molecule has 1 heterocycles. The van der Waals surface area contributed by atoms with E-state index in [-0.39, 0.29) is 0 Å². The summed E-state index contributed by atoms with van der Waals surface area (Å²) in [6.45, 7) is 9.45. The highest BCUT2D eigenvalue weighted by Crippen LogP contribution is 2.24. The van der Waals surface area contributed by atoms with Gasteiger partial charge in [0, 0.05) is 25.5 Å². The molecule has 0 aromatic carbocycles. The highest BCUT2D eigenvalue weighted by molar-refractivity contribution is 4.96. The molecule has 1 rings (SSSR count). The topological polar surface area (TPSA) is 6.48 Å². The molecule has 0 saturated carbocycles. The molecule has 2 nitrogen and oxygen atoms in total. The molecule has 0 radical (unpaired) electrons. The molecule has 1 aliphatic heterocycles. The number of hydrogen-bond donors (Lipinski definition) is 0. The van der Waals surface area contributed by atoms with Crippen LogP contribution in [0, 0.1) is 0 Å². The summed E-state index contributed by atoms with van der Waals surface area (Å²) in [5.41, 5.74) is 0. The summed E-state index contributed by atoms with van der Waals surface area (Å²) in [6.07, 6.45) is 48.5. The fourth-order valence-electron chi connectivity index (χ4n) is 6.51. The summed E-state index contributed by atoms with van der Waals surface area (Å²) in [5, 5.41) is 0. The van der Waals surface area contributed by atoms with Gasteiger partial charge in [-0.05, 0) is 25.7 Å². The Hall–Kier alpha value is -0.660. The van der Waals surface area contributed by atoms with Gasteiger partial charge in [0.1, 0.15) is 6.17 Å². The molecule has 238 valence electrons. The maximum Gasteiger partial charge on any atom is 0.101 e. The van der Waals surface area contributed by atoms with E-state index in [9.17, 15) is 0 Å². The maximum atomic E-state index is 2.69. The second-order valence-electron chi connectivity index (χ2n) is 13.2. The quantitative estimate of drug-likeness (QED) is 0.0755. The predicted octanol–water partition coefficient (Wildman–Crippen LogP) is 13.2. The van der Waals surface area contributed by atoms with Gasteiger partial charge < -0.3 is 9.80 Å². The Labute approximate surface area is 254 Å². The minimum Gasteiger partial charge on any atom is -0.356 e. The molecule has 2 heteroatoms. The van der Waals surface area contributed by atoms with Crippen molar-refractivity contribution in [2.45, 2.75) is 220 Å². The van der Waals surface area contributed by atoms with E-state index in [1.54, 1.807) is 0 Å². The van der Waals surface area contributed by atoms with E-state index in [0.29, 0.717) is 6.17 Å². The monoisotopic (exact) mass is 561 g/mol. The number of unbranched alkanes of at least 4 members (excludes halogenated alkanes) is 26. The molecule has 0 N–H and O–H groups in total. The minimum atomic E-state index is 0.640. The summed E-state index contributed by atoms with van der Waals surface area (Å²) in [7, 11) is 0. The van der Waals surface area contributed by atoms with Gasteiger partial charge in [-0.1, -0.05) is 188 Å². The van der Waals surface area contributed by atoms with Gasteiger partial charge in [-0.2, -0.15) is 0 Å². The molecule has 0 aromatic rings. The molecule has 0 amide bonds. The Bertz CT molecular complexity index is 516. The van der Waals surface area contributed by atoms with Crippen LogP contribution in [0.15, 0.2) is 12.4 Å². The van der Waals surface area contributed by atoms with Crippen LogP contribution >= 0.6 is 0 Å². The Balaban J connectivity index is 2.04. The fourth-order valence-corrected chi connectivity index (χ4v) is 6.51. The van der Waals surface area contributed by atoms with Crippen LogP contribution in [0.2, 0.25) is 0 Å². The van der Waals surface area contributed by atoms with Crippen LogP contribution < -0.4 is 0 Å². The molecule has 1 aliphatic rings. The van der Waals surface area contributed by atoms with Crippen LogP contribution in [-0.4, -0.2) is 29.1 Å². The van der Waals surface area contributed by atoms with E-state index in [1.807, 2.05) is 0 Å². The number of hydrogen-bond acceptors (Lipinski definition) is 2. The van der Waals surface area contributed by atoms with Gasteiger partial charge in [0.25, 0.3) is 0 Å². The largest absolute Gasteiger partial charge is 0.356 e. The first-order chi connectivity index (χ1) is 19.8. The van der Waals surface area contributed by atoms with Crippen molar-refractivity contribution in [2.75, 3.05) is 13.1 Å². The van der Waals surface area contributed by atoms with E-state index in [1.165, 1.54) is 206 Å². The predicted molar refractivity (Wildman–Crippen MR) is 182 cm³/mol. The zero-order valence-corrected chi connectivity index (χ0v) is 28.3. The fraction of sp³-hybridized carbons (Fsp3) is 0.947. The SMILES string of the molecule is CCCCCCCCCCCCCCCCC1N(CCCC)C=CN1CCCCCCCCCCCCCCC. The Kier molecular flexibility index (Phi) is 27.9. The molecular weight excluding hydrogens is 484 g/mol. The van der Waals surface area contributed by atoms with Crippen molar-refractivity contribution >= 4 is 0 Å². The van der Waals surface area contributed by atoms with Gasteiger partial charge in [-0.3, -0.25) is 0 Å². The average Bonchev–Trinajstić information content (AvgIpc) is 3.35. The summed E-state index contributed by atoms with van der Waals surface area (Å²) in [4.78, 5) is 5.35. The van der Waals surface area contributed by atoms with E-state index in [0.717, 1.165) is 0 Å². The molecular formula is C38H76N2. The average molecular weight is 561 g/mol. The summed E-state index contributed by atoms with van der Waals surface area (Å²) in [6, 6.07) is 0. The molecule has 0 aromatic heterocycles. The Morgan fingerprint density at radius 1 is 0.325 bits per heavy atom. The van der Waals surface area contributed by atoms with Crippen molar-refractivity contribution < 1.29 is 0 Å². The third kappa shape index (κ3) is 22.0. The zero-order valence-electron chi connectivity index (χ0n) is 28.3. The third-order valence-corrected chi connectivity index (χ3v) is 9.32. The lowest BCUT2D eigenvalue weighted by Gasteiger charge is -2.33. The van der Waals surface area contributed by atoms with Crippen molar-refractivity contribution in [2.24, 2.45) is 0 Å². The lowest BCUT2D eigenvalue weighted by molar-refractivity contribution is 0.136. The van der Waals surface area contributed by atoms with Crippen LogP contribution in [0.4, 0.5) is 0 Å². The molecule has 0 aliphatic carbocycles. The highest BCUT2D eigenvalue weighted by atomic mass is 15.4. The Morgan fingerprint density at radius 3 is 0.950 bits per heavy atom. The summed E-state index contributed by atoms with van der Waals surface area (Å²) in [5.74, 6) is 0. The third-order valence-electron chi connectivity index (χ3n) is 9.32. The van der Waals surface area contributed by atoms with Gasteiger partial charge in [-0.25, -0.2) is 0 Å². The van der Waals surface area contributed by atoms with Gasteiger partial charge in [0.05, 0.1) is 0 Å². The van der Waals surface area contributed by atoms with E-state index < -0.39 is 0 Å². The van der Waals surface area contributed by atoms with Crippen LogP contribution in [0.3, 0.4) is 0 Å². The van der Waals surface area contributed by atoms with Crippen LogP contribution in [-0.2, 0) is 0 Å². The minimum absolute atomic E-state index is 0.640. The van der Waals surface area contributed by atoms with Crippen molar-refractivity contribution in [3.8, 4) is 0 Å². The van der Waals surface area contributed by atoms with Gasteiger partial charge in [0.15, 0.2) is 0 Å². The summed E-state index contributed by atoms with van der Waals surface area (Å²) >= 11 is 0. The molecule has 0 bridgehead atoms. The molecule has 1 atom stereocenters. The normalized spacial score (nSPS) is 15.1. The second kappa shape index (κ2) is 29.8. The smallest absolute Gasteiger partial charge is 0.101 e. The van der Waals surface area contributed by atoms with Crippen molar-refractivity contribution in [3.05, 3.63) is 12.4 Å². The lowest BCUT2D eigenvalue weighted by Crippen LogP contribution is -2.39. The Morgan fingerprint density at radius 2 is 0.600 bits per heavy atom. The van der Waals surface area contributed by atoms with Gasteiger partial charge in [0.2, 0.25) is 0 Å². The summed E-state index contributed by atoms with van der Waals surface area (Å²) < 4.78 is 0. The maximum absolute atomic E-state index is 2.69. The molecule has 0 saturated heterocycles. The van der Waals surface area contributed by atoms with E-state index in [4.69, 9.17) is 0 Å². The first kappa shape index (κ1) is 37.4. The molecule has 1 unspecified atom stereocenters. The van der Waals surface area contributed by atoms with E-state index >= 15 is 0 Å². The lowest BCUT2D eigenvalue weighted by atomic mass is 10.0. The van der Waals surface area contributed by atoms with Crippen LogP contribution in [0.25, 0.3) is 0 Å². The van der Waals surface area contributed by atoms with Crippen LogP contribution in [0.1, 0.15) is 213 Å². The van der Waals surface area contributed by atoms with E-state index in [2.05, 4.69) is 43.0 Å². The van der Waals surface area contributed by atoms with Gasteiger partial charge in [-0.15, -0.1) is 0 Å². The van der Waals surface area contributed by atoms with Gasteiger partial charge >= 0.3 is 0 Å². The highest BCUT2D eigenvalue weighted by Gasteiger charge is 2.24. The number of nitrogens with zero attached hydrogens (tertiary/aromatic N) is 2. The van der Waals surface area contributed by atoms with Crippen molar-refractivity contribution in [1.82, 2.24) is 9.80 Å². The zero-order chi connectivity index (χ0) is 28.8. The molecule has 40 heavy (non-hydrogen) atoms. The molecule has 0 fully saturated rings. The second-order valence-corrected chi connectivity index (χ2v) is 13.2. The first-order valence-corrected chi connectivity index (χ1v) is 19.0. The van der Waals surface area contributed by atoms with Crippen LogP contribution in [0.5, 0.6) is 0 Å². The number of rotatable bonds is 32.